The number of nitrogen functional groups attached to an aromatic ring is 1. The Balaban J connectivity index is 2.50. The van der Waals surface area contributed by atoms with E-state index in [1.54, 1.807) is 25.2 Å². The van der Waals surface area contributed by atoms with Crippen molar-refractivity contribution in [2.75, 3.05) is 24.2 Å². The smallest absolute Gasteiger partial charge is 0.346 e. The lowest BCUT2D eigenvalue weighted by Gasteiger charge is -2.13. The van der Waals surface area contributed by atoms with Crippen molar-refractivity contribution < 1.29 is 9.53 Å². The number of aromatic nitrogens is 1. The molecule has 1 aliphatic heterocycles. The van der Waals surface area contributed by atoms with Crippen molar-refractivity contribution in [3.8, 4) is 0 Å². The Morgan fingerprint density at radius 2 is 2.16 bits per heavy atom. The molecule has 0 saturated heterocycles. The Morgan fingerprint density at radius 1 is 1.37 bits per heavy atom. The molecular weight excluding hydrogens is 246 g/mol. The molecule has 1 aromatic heterocycles. The molecule has 98 valence electrons. The number of nitrogens with one attached hydrogen (secondary N) is 1. The summed E-state index contributed by atoms with van der Waals surface area (Å²) in [5.74, 6) is -0.593. The van der Waals surface area contributed by atoms with Crippen LogP contribution in [-0.2, 0) is 11.8 Å². The van der Waals surface area contributed by atoms with E-state index in [0.29, 0.717) is 17.9 Å². The van der Waals surface area contributed by atoms with Crippen molar-refractivity contribution in [2.45, 2.75) is 0 Å². The van der Waals surface area contributed by atoms with E-state index < -0.39 is 5.97 Å². The molecule has 19 heavy (non-hydrogen) atoms. The van der Waals surface area contributed by atoms with E-state index in [4.69, 9.17) is 10.5 Å². The van der Waals surface area contributed by atoms with E-state index in [-0.39, 0.29) is 17.7 Å². The molecule has 0 bridgehead atoms. The Labute approximate surface area is 108 Å². The number of cyclic esters (lactones) is 1. The molecule has 0 fully saturated rings. The second-order valence-corrected chi connectivity index (χ2v) is 4.45. The van der Waals surface area contributed by atoms with Gasteiger partial charge in [0.05, 0.1) is 11.2 Å². The van der Waals surface area contributed by atoms with Crippen molar-refractivity contribution in [1.82, 2.24) is 4.57 Å². The lowest BCUT2D eigenvalue weighted by molar-refractivity contribution is 0.0527. The summed E-state index contributed by atoms with van der Waals surface area (Å²) < 4.78 is 6.43. The molecule has 3 N–H and O–H groups in total. The highest BCUT2D eigenvalue weighted by Gasteiger charge is 2.24. The van der Waals surface area contributed by atoms with Gasteiger partial charge in [0, 0.05) is 24.7 Å². The van der Waals surface area contributed by atoms with E-state index in [1.807, 2.05) is 0 Å². The predicted molar refractivity (Wildman–Crippen MR) is 72.4 cm³/mol. The third-order valence-electron chi connectivity index (χ3n) is 3.26. The number of pyridine rings is 1. The fourth-order valence-corrected chi connectivity index (χ4v) is 2.33. The summed E-state index contributed by atoms with van der Waals surface area (Å²) in [5, 5.41) is 3.83. The minimum Gasteiger partial charge on any atom is -0.460 e. The molecule has 2 heterocycles. The number of esters is 1. The number of hydrogen-bond donors (Lipinski definition) is 2. The van der Waals surface area contributed by atoms with Crippen molar-refractivity contribution in [2.24, 2.45) is 7.05 Å². The zero-order valence-electron chi connectivity index (χ0n) is 10.4. The predicted octanol–water partition coefficient (Wildman–Crippen LogP) is 0.703. The molecule has 0 aliphatic carbocycles. The maximum Gasteiger partial charge on any atom is 0.346 e. The molecule has 3 rings (SSSR count). The molecule has 0 unspecified atom stereocenters. The Hall–Kier alpha value is -2.50. The minimum absolute atomic E-state index is 0.0399. The van der Waals surface area contributed by atoms with E-state index in [2.05, 4.69) is 5.32 Å². The summed E-state index contributed by atoms with van der Waals surface area (Å²) in [5.41, 5.74) is 7.26. The SMILES string of the molecule is Cn1c(=O)c2c(c3cc(N)ccc31)NCCOC2=O. The number of benzene rings is 1. The van der Waals surface area contributed by atoms with E-state index >= 15 is 0 Å². The average Bonchev–Trinajstić information content (AvgIpc) is 2.58. The highest BCUT2D eigenvalue weighted by atomic mass is 16.5. The zero-order valence-corrected chi connectivity index (χ0v) is 10.4. The number of nitrogens with two attached hydrogens (primary N) is 1. The van der Waals surface area contributed by atoms with Crippen LogP contribution in [0.2, 0.25) is 0 Å². The van der Waals surface area contributed by atoms with Gasteiger partial charge in [-0.05, 0) is 18.2 Å². The summed E-state index contributed by atoms with van der Waals surface area (Å²) in [4.78, 5) is 24.2. The summed E-state index contributed by atoms with van der Waals surface area (Å²) in [6.07, 6.45) is 0. The van der Waals surface area contributed by atoms with Gasteiger partial charge in [0.1, 0.15) is 12.2 Å². The molecule has 0 amide bonds. The number of aryl methyl sites for hydroxylation is 1. The molecule has 0 spiro atoms. The Bertz CT molecular complexity index is 749. The first-order chi connectivity index (χ1) is 9.09. The van der Waals surface area contributed by atoms with Crippen LogP contribution in [0.1, 0.15) is 10.4 Å². The first kappa shape index (κ1) is 11.6. The van der Waals surface area contributed by atoms with E-state index in [1.165, 1.54) is 4.57 Å². The van der Waals surface area contributed by atoms with Crippen LogP contribution in [-0.4, -0.2) is 23.7 Å². The summed E-state index contributed by atoms with van der Waals surface area (Å²) >= 11 is 0. The van der Waals surface area contributed by atoms with Gasteiger partial charge in [-0.25, -0.2) is 4.79 Å². The molecule has 2 aromatic rings. The van der Waals surface area contributed by atoms with Crippen LogP contribution in [0.15, 0.2) is 23.0 Å². The molecule has 0 atom stereocenters. The molecule has 0 saturated carbocycles. The molecule has 1 aliphatic rings. The number of nitrogens with zero attached hydrogens (tertiary/aromatic N) is 1. The maximum absolute atomic E-state index is 12.3. The molecule has 1 aromatic carbocycles. The van der Waals surface area contributed by atoms with Gasteiger partial charge in [-0.2, -0.15) is 0 Å². The van der Waals surface area contributed by atoms with Gasteiger partial charge in [-0.1, -0.05) is 0 Å². The summed E-state index contributed by atoms with van der Waals surface area (Å²) in [6, 6.07) is 5.24. The van der Waals surface area contributed by atoms with Crippen LogP contribution in [0.4, 0.5) is 11.4 Å². The number of carbonyl (C=O) groups is 1. The van der Waals surface area contributed by atoms with Gasteiger partial charge >= 0.3 is 5.97 Å². The Morgan fingerprint density at radius 3 is 2.95 bits per heavy atom. The normalized spacial score (nSPS) is 14.5. The second kappa shape index (κ2) is 4.01. The van der Waals surface area contributed by atoms with Crippen molar-refractivity contribution in [3.63, 3.8) is 0 Å². The highest BCUT2D eigenvalue weighted by Crippen LogP contribution is 2.28. The standard InChI is InChI=1S/C13H13N3O3/c1-16-9-3-2-7(14)6-8(9)11-10(12(16)17)13(18)19-5-4-15-11/h2-3,6,15H,4-5,14H2,1H3. The van der Waals surface area contributed by atoms with Crippen LogP contribution in [0.5, 0.6) is 0 Å². The third kappa shape index (κ3) is 1.64. The monoisotopic (exact) mass is 259 g/mol. The van der Waals surface area contributed by atoms with Gasteiger partial charge in [0.2, 0.25) is 0 Å². The topological polar surface area (TPSA) is 86.3 Å². The quantitative estimate of drug-likeness (QED) is 0.537. The first-order valence-electron chi connectivity index (χ1n) is 5.93. The minimum atomic E-state index is -0.593. The lowest BCUT2D eigenvalue weighted by Crippen LogP contribution is -2.26. The summed E-state index contributed by atoms with van der Waals surface area (Å²) in [7, 11) is 1.62. The van der Waals surface area contributed by atoms with Crippen molar-refractivity contribution in [3.05, 3.63) is 34.1 Å². The van der Waals surface area contributed by atoms with E-state index in [9.17, 15) is 9.59 Å². The molecule has 6 heteroatoms. The number of fused-ring (bicyclic) bond motifs is 3. The number of hydrogen-bond acceptors (Lipinski definition) is 5. The maximum atomic E-state index is 12.3. The first-order valence-corrected chi connectivity index (χ1v) is 5.93. The lowest BCUT2D eigenvalue weighted by atomic mass is 10.1. The summed E-state index contributed by atoms with van der Waals surface area (Å²) in [6.45, 7) is 0.705. The number of carbonyl (C=O) groups excluding carboxylic acids is 1. The zero-order chi connectivity index (χ0) is 13.6. The van der Waals surface area contributed by atoms with Crippen molar-refractivity contribution in [1.29, 1.82) is 0 Å². The fraction of sp³-hybridized carbons (Fsp3) is 0.231. The van der Waals surface area contributed by atoms with Crippen LogP contribution < -0.4 is 16.6 Å². The van der Waals surface area contributed by atoms with E-state index in [0.717, 1.165) is 10.9 Å². The fourth-order valence-electron chi connectivity index (χ4n) is 2.33. The van der Waals surface area contributed by atoms with Crippen LogP contribution in [0.25, 0.3) is 10.9 Å². The number of anilines is 2. The van der Waals surface area contributed by atoms with Crippen LogP contribution >= 0.6 is 0 Å². The van der Waals surface area contributed by atoms with Gasteiger partial charge in [-0.15, -0.1) is 0 Å². The molecule has 0 radical (unpaired) electrons. The Kier molecular flexibility index (Phi) is 2.45. The number of ether oxygens (including phenoxy) is 1. The van der Waals surface area contributed by atoms with Gasteiger partial charge < -0.3 is 20.4 Å². The second-order valence-electron chi connectivity index (χ2n) is 4.45. The largest absolute Gasteiger partial charge is 0.460 e. The average molecular weight is 259 g/mol. The van der Waals surface area contributed by atoms with Gasteiger partial charge in [0.15, 0.2) is 0 Å². The van der Waals surface area contributed by atoms with Gasteiger partial charge in [-0.3, -0.25) is 4.79 Å². The van der Waals surface area contributed by atoms with Crippen LogP contribution in [0, 0.1) is 0 Å². The highest BCUT2D eigenvalue weighted by molar-refractivity contribution is 6.06. The molecule has 6 nitrogen and oxygen atoms in total. The van der Waals surface area contributed by atoms with Gasteiger partial charge in [0.25, 0.3) is 5.56 Å². The molecular formula is C13H13N3O3. The van der Waals surface area contributed by atoms with Crippen molar-refractivity contribution >= 4 is 28.2 Å². The third-order valence-corrected chi connectivity index (χ3v) is 3.26. The number of rotatable bonds is 0. The van der Waals surface area contributed by atoms with Crippen LogP contribution in [0.3, 0.4) is 0 Å².